The van der Waals surface area contributed by atoms with E-state index >= 15 is 0 Å². The number of nitrogens with one attached hydrogen (secondary N) is 1. The fourth-order valence-electron chi connectivity index (χ4n) is 1.75. The van der Waals surface area contributed by atoms with Gasteiger partial charge in [0, 0.05) is 11.8 Å². The number of nitrogens with zero attached hydrogens (tertiary/aromatic N) is 1. The van der Waals surface area contributed by atoms with Crippen LogP contribution < -0.4 is 5.32 Å². The summed E-state index contributed by atoms with van der Waals surface area (Å²) < 4.78 is 0. The van der Waals surface area contributed by atoms with Crippen molar-refractivity contribution in [3.63, 3.8) is 0 Å². The van der Waals surface area contributed by atoms with Crippen LogP contribution >= 0.6 is 34.7 Å². The van der Waals surface area contributed by atoms with Gasteiger partial charge in [0.2, 0.25) is 0 Å². The molecule has 0 unspecified atom stereocenters. The number of aromatic nitrogens is 1. The molecule has 1 aromatic carbocycles. The number of thiazole rings is 1. The molecular formula is C14H13ClN2O2S2. The summed E-state index contributed by atoms with van der Waals surface area (Å²) in [5.74, 6) is -0.396. The van der Waals surface area contributed by atoms with Crippen molar-refractivity contribution in [1.29, 1.82) is 0 Å². The van der Waals surface area contributed by atoms with Crippen LogP contribution in [0.2, 0.25) is 5.02 Å². The molecule has 0 aliphatic heterocycles. The minimum absolute atomic E-state index is 0.0621. The fourth-order valence-corrected chi connectivity index (χ4v) is 3.25. The smallest absolute Gasteiger partial charge is 0.258 e. The van der Waals surface area contributed by atoms with Crippen molar-refractivity contribution in [2.24, 2.45) is 0 Å². The standard InChI is InChI=1S/C14H13ClN2O2S2/c1-7-12(8(2)18)21-14(16-7)17-13(19)10-6-9(20-3)4-5-11(10)15/h4-6H,1-3H3,(H,16,17,19). The number of benzene rings is 1. The average Bonchev–Trinajstić information content (AvgIpc) is 2.80. The third-order valence-electron chi connectivity index (χ3n) is 2.75. The summed E-state index contributed by atoms with van der Waals surface area (Å²) in [5, 5.41) is 3.47. The maximum atomic E-state index is 12.3. The van der Waals surface area contributed by atoms with Gasteiger partial charge in [0.25, 0.3) is 5.91 Å². The summed E-state index contributed by atoms with van der Waals surface area (Å²) in [6.45, 7) is 3.22. The highest BCUT2D eigenvalue weighted by molar-refractivity contribution is 7.98. The van der Waals surface area contributed by atoms with E-state index in [1.807, 2.05) is 12.3 Å². The van der Waals surface area contributed by atoms with E-state index in [2.05, 4.69) is 10.3 Å². The second kappa shape index (κ2) is 6.60. The van der Waals surface area contributed by atoms with E-state index in [0.29, 0.717) is 26.3 Å². The Hall–Kier alpha value is -1.37. The van der Waals surface area contributed by atoms with Gasteiger partial charge in [-0.15, -0.1) is 11.8 Å². The molecule has 7 heteroatoms. The van der Waals surface area contributed by atoms with Gasteiger partial charge in [0.1, 0.15) is 0 Å². The zero-order valence-electron chi connectivity index (χ0n) is 11.7. The molecule has 1 amide bonds. The molecule has 1 heterocycles. The lowest BCUT2D eigenvalue weighted by atomic mass is 10.2. The Balaban J connectivity index is 2.26. The van der Waals surface area contributed by atoms with Gasteiger partial charge < -0.3 is 0 Å². The lowest BCUT2D eigenvalue weighted by molar-refractivity contribution is 0.101. The van der Waals surface area contributed by atoms with Gasteiger partial charge in [-0.25, -0.2) is 4.98 Å². The van der Waals surface area contributed by atoms with Crippen LogP contribution in [-0.4, -0.2) is 22.9 Å². The van der Waals surface area contributed by atoms with Crippen LogP contribution in [0.25, 0.3) is 0 Å². The lowest BCUT2D eigenvalue weighted by Gasteiger charge is -2.05. The van der Waals surface area contributed by atoms with E-state index in [1.165, 1.54) is 30.0 Å². The van der Waals surface area contributed by atoms with Gasteiger partial charge in [-0.2, -0.15) is 0 Å². The molecule has 4 nitrogen and oxygen atoms in total. The molecule has 0 aliphatic carbocycles. The molecular weight excluding hydrogens is 328 g/mol. The summed E-state index contributed by atoms with van der Waals surface area (Å²) in [4.78, 5) is 29.4. The SMILES string of the molecule is CSc1ccc(Cl)c(C(=O)Nc2nc(C)c(C(C)=O)s2)c1. The zero-order chi connectivity index (χ0) is 15.6. The van der Waals surface area contributed by atoms with Gasteiger partial charge in [-0.05, 0) is 31.4 Å². The molecule has 1 N–H and O–H groups in total. The van der Waals surface area contributed by atoms with E-state index in [1.54, 1.807) is 19.1 Å². The molecule has 1 aromatic heterocycles. The van der Waals surface area contributed by atoms with Crippen molar-refractivity contribution in [2.75, 3.05) is 11.6 Å². The van der Waals surface area contributed by atoms with Crippen LogP contribution in [0.15, 0.2) is 23.1 Å². The van der Waals surface area contributed by atoms with Crippen molar-refractivity contribution in [2.45, 2.75) is 18.7 Å². The molecule has 0 fully saturated rings. The maximum absolute atomic E-state index is 12.3. The number of Topliss-reactive ketones (excluding diaryl/α,β-unsaturated/α-hetero) is 1. The van der Waals surface area contributed by atoms with Crippen LogP contribution in [0.1, 0.15) is 32.6 Å². The Bertz CT molecular complexity index is 713. The Kier molecular flexibility index (Phi) is 5.03. The molecule has 110 valence electrons. The Morgan fingerprint density at radius 1 is 1.38 bits per heavy atom. The fraction of sp³-hybridized carbons (Fsp3) is 0.214. The number of thioether (sulfide) groups is 1. The number of anilines is 1. The number of halogens is 1. The second-order valence-corrected chi connectivity index (χ2v) is 6.58. The van der Waals surface area contributed by atoms with Crippen molar-refractivity contribution < 1.29 is 9.59 Å². The van der Waals surface area contributed by atoms with Crippen molar-refractivity contribution >= 4 is 51.5 Å². The molecule has 2 aromatic rings. The van der Waals surface area contributed by atoms with Crippen LogP contribution in [0.4, 0.5) is 5.13 Å². The Labute approximate surface area is 135 Å². The summed E-state index contributed by atoms with van der Waals surface area (Å²) in [5.41, 5.74) is 1.01. The van der Waals surface area contributed by atoms with Crippen LogP contribution in [0, 0.1) is 6.92 Å². The van der Waals surface area contributed by atoms with Crippen LogP contribution in [0.5, 0.6) is 0 Å². The molecule has 0 bridgehead atoms. The van der Waals surface area contributed by atoms with E-state index in [4.69, 9.17) is 11.6 Å². The zero-order valence-corrected chi connectivity index (χ0v) is 14.1. The largest absolute Gasteiger partial charge is 0.298 e. The van der Waals surface area contributed by atoms with E-state index < -0.39 is 0 Å². The first-order chi connectivity index (χ1) is 9.92. The predicted molar refractivity (Wildman–Crippen MR) is 88.0 cm³/mol. The highest BCUT2D eigenvalue weighted by Gasteiger charge is 2.16. The number of aryl methyl sites for hydroxylation is 1. The normalized spacial score (nSPS) is 10.5. The number of carbonyl (C=O) groups excluding carboxylic acids is 2. The molecule has 0 atom stereocenters. The number of carbonyl (C=O) groups is 2. The molecule has 0 radical (unpaired) electrons. The summed E-state index contributed by atoms with van der Waals surface area (Å²) >= 11 is 8.76. The van der Waals surface area contributed by atoms with Gasteiger partial charge in [0.15, 0.2) is 10.9 Å². The van der Waals surface area contributed by atoms with E-state index in [-0.39, 0.29) is 11.7 Å². The molecule has 0 saturated carbocycles. The summed E-state index contributed by atoms with van der Waals surface area (Å²) in [6, 6.07) is 5.27. The highest BCUT2D eigenvalue weighted by atomic mass is 35.5. The van der Waals surface area contributed by atoms with Gasteiger partial charge >= 0.3 is 0 Å². The molecule has 21 heavy (non-hydrogen) atoms. The Morgan fingerprint density at radius 3 is 2.67 bits per heavy atom. The molecule has 2 rings (SSSR count). The summed E-state index contributed by atoms with van der Waals surface area (Å²) in [7, 11) is 0. The van der Waals surface area contributed by atoms with Gasteiger partial charge in [-0.3, -0.25) is 14.9 Å². The van der Waals surface area contributed by atoms with Crippen LogP contribution in [-0.2, 0) is 0 Å². The van der Waals surface area contributed by atoms with E-state index in [0.717, 1.165) is 4.90 Å². The minimum atomic E-state index is -0.334. The number of ketones is 1. The maximum Gasteiger partial charge on any atom is 0.258 e. The van der Waals surface area contributed by atoms with Crippen molar-refractivity contribution in [1.82, 2.24) is 4.98 Å². The molecule has 0 aliphatic rings. The number of hydrogen-bond acceptors (Lipinski definition) is 5. The number of rotatable bonds is 4. The van der Waals surface area contributed by atoms with Crippen LogP contribution in [0.3, 0.4) is 0 Å². The third kappa shape index (κ3) is 3.64. The van der Waals surface area contributed by atoms with Gasteiger partial charge in [0.05, 0.1) is 21.2 Å². The molecule has 0 saturated heterocycles. The highest BCUT2D eigenvalue weighted by Crippen LogP contribution is 2.26. The summed E-state index contributed by atoms with van der Waals surface area (Å²) in [6.07, 6.45) is 1.92. The van der Waals surface area contributed by atoms with Crippen molar-refractivity contribution in [3.05, 3.63) is 39.4 Å². The molecule has 0 spiro atoms. The van der Waals surface area contributed by atoms with Crippen molar-refractivity contribution in [3.8, 4) is 0 Å². The predicted octanol–water partition coefficient (Wildman–Crippen LogP) is 4.28. The van der Waals surface area contributed by atoms with E-state index in [9.17, 15) is 9.59 Å². The monoisotopic (exact) mass is 340 g/mol. The second-order valence-electron chi connectivity index (χ2n) is 4.29. The minimum Gasteiger partial charge on any atom is -0.298 e. The van der Waals surface area contributed by atoms with Gasteiger partial charge in [-0.1, -0.05) is 22.9 Å². The topological polar surface area (TPSA) is 59.1 Å². The Morgan fingerprint density at radius 2 is 2.10 bits per heavy atom. The third-order valence-corrected chi connectivity index (χ3v) is 4.98. The number of amides is 1. The first kappa shape index (κ1) is 16.0. The average molecular weight is 341 g/mol. The lowest BCUT2D eigenvalue weighted by Crippen LogP contribution is -2.12. The first-order valence-electron chi connectivity index (χ1n) is 6.05. The number of hydrogen-bond donors (Lipinski definition) is 1. The first-order valence-corrected chi connectivity index (χ1v) is 8.47. The quantitative estimate of drug-likeness (QED) is 0.666.